The largest absolute Gasteiger partial charge is 0.288 e. The molecule has 0 saturated carbocycles. The van der Waals surface area contributed by atoms with E-state index in [0.717, 1.165) is 4.47 Å². The first-order chi connectivity index (χ1) is 8.09. The van der Waals surface area contributed by atoms with E-state index in [0.29, 0.717) is 10.0 Å². The molecule has 2 aromatic rings. The van der Waals surface area contributed by atoms with Gasteiger partial charge in [0.25, 0.3) is 0 Å². The molecule has 0 heterocycles. The Morgan fingerprint density at radius 1 is 1.00 bits per heavy atom. The molecule has 2 aromatic carbocycles. The van der Waals surface area contributed by atoms with Gasteiger partial charge in [0.1, 0.15) is 5.82 Å². The van der Waals surface area contributed by atoms with E-state index in [2.05, 4.69) is 31.9 Å². The average molecular weight is 358 g/mol. The molecule has 17 heavy (non-hydrogen) atoms. The van der Waals surface area contributed by atoms with Crippen LogP contribution in [0.2, 0.25) is 0 Å². The molecule has 4 heteroatoms. The second kappa shape index (κ2) is 5.10. The maximum absolute atomic E-state index is 13.5. The molecule has 0 atom stereocenters. The summed E-state index contributed by atoms with van der Waals surface area (Å²) in [6, 6.07) is 11.1. The van der Waals surface area contributed by atoms with Crippen LogP contribution in [0.5, 0.6) is 0 Å². The summed E-state index contributed by atoms with van der Waals surface area (Å²) in [6.07, 6.45) is 0. The molecule has 1 nitrogen and oxygen atoms in total. The number of hydrogen-bond acceptors (Lipinski definition) is 1. The molecule has 0 aliphatic heterocycles. The first-order valence-corrected chi connectivity index (χ1v) is 6.42. The molecule has 0 N–H and O–H groups in total. The molecule has 0 unspecified atom stereocenters. The van der Waals surface area contributed by atoms with Crippen LogP contribution in [0.4, 0.5) is 4.39 Å². The van der Waals surface area contributed by atoms with Crippen molar-refractivity contribution in [3.8, 4) is 0 Å². The van der Waals surface area contributed by atoms with E-state index in [-0.39, 0.29) is 11.3 Å². The van der Waals surface area contributed by atoms with E-state index in [9.17, 15) is 9.18 Å². The highest BCUT2D eigenvalue weighted by molar-refractivity contribution is 9.11. The van der Waals surface area contributed by atoms with E-state index in [1.54, 1.807) is 30.3 Å². The Bertz CT molecular complexity index is 581. The minimum Gasteiger partial charge on any atom is -0.288 e. The van der Waals surface area contributed by atoms with Gasteiger partial charge in [-0.05, 0) is 46.3 Å². The van der Waals surface area contributed by atoms with Crippen molar-refractivity contribution >= 4 is 37.6 Å². The third-order valence-corrected chi connectivity index (χ3v) is 3.44. The summed E-state index contributed by atoms with van der Waals surface area (Å²) >= 11 is 6.60. The van der Waals surface area contributed by atoms with E-state index in [1.807, 2.05) is 0 Å². The Hall–Kier alpha value is -1.000. The molecule has 0 saturated heterocycles. The minimum absolute atomic E-state index is 0.0792. The lowest BCUT2D eigenvalue weighted by Gasteiger charge is -2.05. The standard InChI is InChI=1S/C13H7Br2FO/c14-8-5-6-9(11(15)7-8)13(17)10-3-1-2-4-12(10)16/h1-7H. The van der Waals surface area contributed by atoms with Crippen molar-refractivity contribution in [3.63, 3.8) is 0 Å². The summed E-state index contributed by atoms with van der Waals surface area (Å²) in [5.74, 6) is -0.838. The molecule has 2 rings (SSSR count). The smallest absolute Gasteiger partial charge is 0.197 e. The van der Waals surface area contributed by atoms with Crippen molar-refractivity contribution in [2.75, 3.05) is 0 Å². The Morgan fingerprint density at radius 2 is 1.71 bits per heavy atom. The van der Waals surface area contributed by atoms with Crippen LogP contribution in [0, 0.1) is 5.82 Å². The minimum atomic E-state index is -0.507. The van der Waals surface area contributed by atoms with Gasteiger partial charge in [0.05, 0.1) is 5.56 Å². The van der Waals surface area contributed by atoms with Gasteiger partial charge >= 0.3 is 0 Å². The fraction of sp³-hybridized carbons (Fsp3) is 0. The summed E-state index contributed by atoms with van der Waals surface area (Å²) in [5, 5.41) is 0. The van der Waals surface area contributed by atoms with Gasteiger partial charge in [-0.2, -0.15) is 0 Å². The number of hydrogen-bond donors (Lipinski definition) is 0. The highest BCUT2D eigenvalue weighted by Gasteiger charge is 2.15. The summed E-state index contributed by atoms with van der Waals surface area (Å²) in [5.41, 5.74) is 0.522. The van der Waals surface area contributed by atoms with E-state index >= 15 is 0 Å². The SMILES string of the molecule is O=C(c1ccccc1F)c1ccc(Br)cc1Br. The summed E-state index contributed by atoms with van der Waals surface area (Å²) in [7, 11) is 0. The summed E-state index contributed by atoms with van der Waals surface area (Å²) in [6.45, 7) is 0. The predicted molar refractivity (Wildman–Crippen MR) is 71.7 cm³/mol. The van der Waals surface area contributed by atoms with Crippen LogP contribution in [0.1, 0.15) is 15.9 Å². The Labute approximate surface area is 115 Å². The molecule has 0 bridgehead atoms. The van der Waals surface area contributed by atoms with Crippen molar-refractivity contribution in [2.45, 2.75) is 0 Å². The molecular weight excluding hydrogens is 351 g/mol. The van der Waals surface area contributed by atoms with Crippen LogP contribution in [-0.2, 0) is 0 Å². The molecule has 0 amide bonds. The Kier molecular flexibility index (Phi) is 3.74. The number of ketones is 1. The summed E-state index contributed by atoms with van der Waals surface area (Å²) in [4.78, 5) is 12.1. The van der Waals surface area contributed by atoms with Crippen LogP contribution >= 0.6 is 31.9 Å². The highest BCUT2D eigenvalue weighted by Crippen LogP contribution is 2.24. The van der Waals surface area contributed by atoms with Crippen molar-refractivity contribution in [1.29, 1.82) is 0 Å². The van der Waals surface area contributed by atoms with Crippen LogP contribution in [-0.4, -0.2) is 5.78 Å². The lowest BCUT2D eigenvalue weighted by molar-refractivity contribution is 0.103. The fourth-order valence-corrected chi connectivity index (χ4v) is 2.69. The third-order valence-electron chi connectivity index (χ3n) is 2.29. The zero-order chi connectivity index (χ0) is 12.4. The normalized spacial score (nSPS) is 10.3. The monoisotopic (exact) mass is 356 g/mol. The van der Waals surface area contributed by atoms with Crippen LogP contribution in [0.3, 0.4) is 0 Å². The number of rotatable bonds is 2. The van der Waals surface area contributed by atoms with Gasteiger partial charge in [-0.15, -0.1) is 0 Å². The molecule has 0 aliphatic rings. The maximum Gasteiger partial charge on any atom is 0.197 e. The van der Waals surface area contributed by atoms with Gasteiger partial charge in [-0.1, -0.05) is 28.1 Å². The quantitative estimate of drug-likeness (QED) is 0.719. The molecule has 0 aromatic heterocycles. The number of halogens is 3. The molecule has 0 radical (unpaired) electrons. The number of benzene rings is 2. The van der Waals surface area contributed by atoms with Crippen molar-refractivity contribution in [3.05, 3.63) is 68.4 Å². The lowest BCUT2D eigenvalue weighted by atomic mass is 10.0. The first-order valence-electron chi connectivity index (χ1n) is 4.84. The van der Waals surface area contributed by atoms with Crippen molar-refractivity contribution in [1.82, 2.24) is 0 Å². The second-order valence-corrected chi connectivity index (χ2v) is 5.20. The van der Waals surface area contributed by atoms with Gasteiger partial charge in [-0.3, -0.25) is 4.79 Å². The zero-order valence-corrected chi connectivity index (χ0v) is 11.8. The first kappa shape index (κ1) is 12.5. The number of carbonyl (C=O) groups excluding carboxylic acids is 1. The molecular formula is C13H7Br2FO. The van der Waals surface area contributed by atoms with Gasteiger partial charge < -0.3 is 0 Å². The zero-order valence-electron chi connectivity index (χ0n) is 8.58. The predicted octanol–water partition coefficient (Wildman–Crippen LogP) is 4.58. The van der Waals surface area contributed by atoms with Crippen molar-refractivity contribution < 1.29 is 9.18 Å². The molecule has 0 fully saturated rings. The topological polar surface area (TPSA) is 17.1 Å². The van der Waals surface area contributed by atoms with E-state index in [1.165, 1.54) is 12.1 Å². The average Bonchev–Trinajstić information content (AvgIpc) is 2.29. The second-order valence-electron chi connectivity index (χ2n) is 3.43. The Morgan fingerprint density at radius 3 is 2.35 bits per heavy atom. The molecule has 0 aliphatic carbocycles. The van der Waals surface area contributed by atoms with Crippen LogP contribution in [0.15, 0.2) is 51.4 Å². The van der Waals surface area contributed by atoms with E-state index in [4.69, 9.17) is 0 Å². The van der Waals surface area contributed by atoms with Gasteiger partial charge in [-0.25, -0.2) is 4.39 Å². The third kappa shape index (κ3) is 2.64. The van der Waals surface area contributed by atoms with Gasteiger partial charge in [0.2, 0.25) is 0 Å². The fourth-order valence-electron chi connectivity index (χ4n) is 1.46. The highest BCUT2D eigenvalue weighted by atomic mass is 79.9. The molecule has 86 valence electrons. The van der Waals surface area contributed by atoms with Crippen LogP contribution in [0.25, 0.3) is 0 Å². The molecule has 0 spiro atoms. The van der Waals surface area contributed by atoms with E-state index < -0.39 is 5.82 Å². The van der Waals surface area contributed by atoms with Crippen LogP contribution < -0.4 is 0 Å². The lowest BCUT2D eigenvalue weighted by Crippen LogP contribution is -2.04. The maximum atomic E-state index is 13.5. The van der Waals surface area contributed by atoms with Crippen molar-refractivity contribution in [2.24, 2.45) is 0 Å². The van der Waals surface area contributed by atoms with Gasteiger partial charge in [0, 0.05) is 14.5 Å². The number of carbonyl (C=O) groups is 1. The Balaban J connectivity index is 2.48. The summed E-state index contributed by atoms with van der Waals surface area (Å²) < 4.78 is 15.0. The van der Waals surface area contributed by atoms with Gasteiger partial charge in [0.15, 0.2) is 5.78 Å².